The van der Waals surface area contributed by atoms with Crippen LogP contribution in [0.2, 0.25) is 0 Å². The van der Waals surface area contributed by atoms with Gasteiger partial charge in [-0.05, 0) is 50.6 Å². The molecule has 0 N–H and O–H groups in total. The third-order valence-electron chi connectivity index (χ3n) is 7.63. The highest BCUT2D eigenvalue weighted by Gasteiger charge is 2.38. The molecule has 0 saturated carbocycles. The Kier molecular flexibility index (Phi) is 5.95. The SMILES string of the molecule is c1ccc(C2=C(c3ccccc3)C(c3ccccc3)C(c3ccccc3)=C2c2cccc3cccnc23)cc1. The summed E-state index contributed by atoms with van der Waals surface area (Å²) in [6.07, 6.45) is 1.90. The van der Waals surface area contributed by atoms with Crippen molar-refractivity contribution in [3.05, 3.63) is 186 Å². The van der Waals surface area contributed by atoms with Crippen molar-refractivity contribution in [2.45, 2.75) is 5.92 Å². The third kappa shape index (κ3) is 4.09. The van der Waals surface area contributed by atoms with Crippen LogP contribution < -0.4 is 0 Å². The van der Waals surface area contributed by atoms with Gasteiger partial charge in [-0.25, -0.2) is 0 Å². The summed E-state index contributed by atoms with van der Waals surface area (Å²) in [6.45, 7) is 0. The van der Waals surface area contributed by atoms with Gasteiger partial charge in [-0.1, -0.05) is 146 Å². The van der Waals surface area contributed by atoms with Crippen molar-refractivity contribution in [2.75, 3.05) is 0 Å². The average Bonchev–Trinajstić information content (AvgIpc) is 3.38. The second-order valence-corrected chi connectivity index (χ2v) is 9.90. The van der Waals surface area contributed by atoms with Crippen LogP contribution in [0.4, 0.5) is 0 Å². The molecular formula is C38H27N. The smallest absolute Gasteiger partial charge is 0.0780 e. The number of pyridine rings is 1. The molecule has 1 aromatic heterocycles. The predicted octanol–water partition coefficient (Wildman–Crippen LogP) is 9.55. The summed E-state index contributed by atoms with van der Waals surface area (Å²) in [5.41, 5.74) is 12.3. The number of aromatic nitrogens is 1. The largest absolute Gasteiger partial charge is 0.256 e. The van der Waals surface area contributed by atoms with Crippen LogP contribution in [0.3, 0.4) is 0 Å². The lowest BCUT2D eigenvalue weighted by Gasteiger charge is -2.22. The lowest BCUT2D eigenvalue weighted by atomic mass is 9.81. The predicted molar refractivity (Wildman–Crippen MR) is 164 cm³/mol. The number of para-hydroxylation sites is 1. The molecule has 0 spiro atoms. The first-order chi connectivity index (χ1) is 19.4. The van der Waals surface area contributed by atoms with E-state index < -0.39 is 0 Å². The summed E-state index contributed by atoms with van der Waals surface area (Å²) >= 11 is 0. The van der Waals surface area contributed by atoms with E-state index in [0.29, 0.717) is 0 Å². The molecule has 0 aliphatic heterocycles. The van der Waals surface area contributed by atoms with Gasteiger partial charge in [-0.3, -0.25) is 4.98 Å². The second-order valence-electron chi connectivity index (χ2n) is 9.90. The lowest BCUT2D eigenvalue weighted by Crippen LogP contribution is -2.03. The highest BCUT2D eigenvalue weighted by Crippen LogP contribution is 2.59. The van der Waals surface area contributed by atoms with Crippen LogP contribution in [-0.2, 0) is 0 Å². The molecule has 0 saturated heterocycles. The normalized spacial score (nSPS) is 15.2. The first-order valence-electron chi connectivity index (χ1n) is 13.4. The monoisotopic (exact) mass is 497 g/mol. The summed E-state index contributed by atoms with van der Waals surface area (Å²) in [5.74, 6) is 0.0557. The van der Waals surface area contributed by atoms with Crippen LogP contribution in [0.5, 0.6) is 0 Å². The molecule has 0 amide bonds. The number of fused-ring (bicyclic) bond motifs is 1. The minimum absolute atomic E-state index is 0.0557. The minimum atomic E-state index is 0.0557. The molecule has 7 rings (SSSR count). The van der Waals surface area contributed by atoms with Crippen molar-refractivity contribution < 1.29 is 0 Å². The van der Waals surface area contributed by atoms with E-state index in [1.54, 1.807) is 0 Å². The molecule has 1 aliphatic carbocycles. The molecule has 184 valence electrons. The van der Waals surface area contributed by atoms with Gasteiger partial charge in [0.2, 0.25) is 0 Å². The standard InChI is InChI=1S/C38H27N/c1-5-15-27(16-6-1)33-34(28-17-7-2-8-18-28)36(30-21-11-4-12-22-30)37(35(33)29-19-9-3-10-20-29)32-25-13-23-31-24-14-26-39-38(31)32/h1-26,33H. The summed E-state index contributed by atoms with van der Waals surface area (Å²) in [5, 5.41) is 1.15. The molecule has 1 unspecified atom stereocenters. The molecule has 1 aliphatic rings. The van der Waals surface area contributed by atoms with Crippen LogP contribution in [-0.4, -0.2) is 4.98 Å². The molecule has 1 heterocycles. The zero-order chi connectivity index (χ0) is 26.0. The highest BCUT2D eigenvalue weighted by molar-refractivity contribution is 6.31. The van der Waals surface area contributed by atoms with Crippen LogP contribution in [0.15, 0.2) is 158 Å². The Hall–Kier alpha value is -5.01. The number of allylic oxidation sites excluding steroid dienone is 4. The Balaban J connectivity index is 1.68. The maximum Gasteiger partial charge on any atom is 0.0780 e. The van der Waals surface area contributed by atoms with Gasteiger partial charge in [0, 0.05) is 23.1 Å². The summed E-state index contributed by atoms with van der Waals surface area (Å²) in [7, 11) is 0. The van der Waals surface area contributed by atoms with E-state index in [1.165, 1.54) is 44.5 Å². The molecule has 0 fully saturated rings. The second kappa shape index (κ2) is 10.0. The summed E-state index contributed by atoms with van der Waals surface area (Å²) in [6, 6.07) is 54.3. The van der Waals surface area contributed by atoms with Gasteiger partial charge in [0.1, 0.15) is 0 Å². The van der Waals surface area contributed by atoms with Gasteiger partial charge in [0.15, 0.2) is 0 Å². The van der Waals surface area contributed by atoms with Gasteiger partial charge >= 0.3 is 0 Å². The van der Waals surface area contributed by atoms with Crippen LogP contribution in [0, 0.1) is 0 Å². The lowest BCUT2D eigenvalue weighted by molar-refractivity contribution is 1.14. The van der Waals surface area contributed by atoms with E-state index in [0.717, 1.165) is 16.5 Å². The number of rotatable bonds is 5. The topological polar surface area (TPSA) is 12.9 Å². The van der Waals surface area contributed by atoms with Gasteiger partial charge in [-0.2, -0.15) is 0 Å². The van der Waals surface area contributed by atoms with Crippen LogP contribution >= 0.6 is 0 Å². The zero-order valence-electron chi connectivity index (χ0n) is 21.5. The van der Waals surface area contributed by atoms with E-state index in [9.17, 15) is 0 Å². The number of benzene rings is 5. The average molecular weight is 498 g/mol. The molecule has 5 aromatic carbocycles. The Morgan fingerprint density at radius 3 is 1.54 bits per heavy atom. The number of nitrogens with zero attached hydrogens (tertiary/aromatic N) is 1. The molecule has 1 nitrogen and oxygen atoms in total. The van der Waals surface area contributed by atoms with E-state index in [-0.39, 0.29) is 5.92 Å². The minimum Gasteiger partial charge on any atom is -0.256 e. The van der Waals surface area contributed by atoms with E-state index >= 15 is 0 Å². The fourth-order valence-electron chi connectivity index (χ4n) is 6.03. The summed E-state index contributed by atoms with van der Waals surface area (Å²) < 4.78 is 0. The zero-order valence-corrected chi connectivity index (χ0v) is 21.5. The number of hydrogen-bond acceptors (Lipinski definition) is 1. The Bertz CT molecular complexity index is 1810. The maximum absolute atomic E-state index is 4.92. The van der Waals surface area contributed by atoms with Crippen molar-refractivity contribution in [2.24, 2.45) is 0 Å². The third-order valence-corrected chi connectivity index (χ3v) is 7.63. The van der Waals surface area contributed by atoms with Crippen molar-refractivity contribution in [1.29, 1.82) is 0 Å². The van der Waals surface area contributed by atoms with Crippen LogP contribution in [0.1, 0.15) is 33.7 Å². The molecule has 1 atom stereocenters. The molecule has 0 bridgehead atoms. The van der Waals surface area contributed by atoms with Crippen molar-refractivity contribution >= 4 is 33.2 Å². The molecule has 6 aromatic rings. The van der Waals surface area contributed by atoms with E-state index in [1.807, 2.05) is 12.3 Å². The molecule has 0 radical (unpaired) electrons. The Morgan fingerprint density at radius 1 is 0.410 bits per heavy atom. The van der Waals surface area contributed by atoms with E-state index in [4.69, 9.17) is 4.98 Å². The maximum atomic E-state index is 4.92. The summed E-state index contributed by atoms with van der Waals surface area (Å²) in [4.78, 5) is 4.92. The fourth-order valence-corrected chi connectivity index (χ4v) is 6.03. The van der Waals surface area contributed by atoms with Crippen molar-refractivity contribution in [3.63, 3.8) is 0 Å². The van der Waals surface area contributed by atoms with Gasteiger partial charge in [0.25, 0.3) is 0 Å². The van der Waals surface area contributed by atoms with Crippen molar-refractivity contribution in [1.82, 2.24) is 4.98 Å². The first-order valence-corrected chi connectivity index (χ1v) is 13.4. The van der Waals surface area contributed by atoms with Gasteiger partial charge in [0.05, 0.1) is 5.52 Å². The fraction of sp³-hybridized carbons (Fsp3) is 0.0263. The first kappa shape index (κ1) is 23.1. The Morgan fingerprint density at radius 2 is 0.923 bits per heavy atom. The molecule has 39 heavy (non-hydrogen) atoms. The van der Waals surface area contributed by atoms with Gasteiger partial charge in [-0.15, -0.1) is 0 Å². The molecular weight excluding hydrogens is 470 g/mol. The molecule has 1 heteroatoms. The van der Waals surface area contributed by atoms with Gasteiger partial charge < -0.3 is 0 Å². The highest BCUT2D eigenvalue weighted by atomic mass is 14.7. The van der Waals surface area contributed by atoms with Crippen molar-refractivity contribution in [3.8, 4) is 0 Å². The quantitative estimate of drug-likeness (QED) is 0.231. The number of hydrogen-bond donors (Lipinski definition) is 0. The van der Waals surface area contributed by atoms with Crippen LogP contribution in [0.25, 0.3) is 33.2 Å². The Labute approximate surface area is 229 Å². The van der Waals surface area contributed by atoms with E-state index in [2.05, 4.69) is 146 Å².